The first-order valence-corrected chi connectivity index (χ1v) is 9.94. The van der Waals surface area contributed by atoms with Crippen molar-refractivity contribution in [1.29, 1.82) is 0 Å². The number of benzene rings is 3. The highest BCUT2D eigenvalue weighted by molar-refractivity contribution is 8.00. The van der Waals surface area contributed by atoms with Crippen LogP contribution in [0, 0.1) is 5.82 Å². The van der Waals surface area contributed by atoms with Crippen molar-refractivity contribution in [2.45, 2.75) is 16.2 Å². The number of carbonyl (C=O) groups excluding carboxylic acids is 1. The van der Waals surface area contributed by atoms with E-state index in [1.165, 1.54) is 12.1 Å². The zero-order valence-electron chi connectivity index (χ0n) is 15.3. The van der Waals surface area contributed by atoms with Crippen molar-refractivity contribution in [1.82, 2.24) is 4.90 Å². The standard InChI is InChI=1S/C24H20FNOS/c1-2-23(27)26-16-18-10-6-9-15-22(18)28-24(17-26,19-11-4-3-5-12-19)20-13-7-8-14-21(20)25/h2-15H,1,16-17H2. The fraction of sp³-hybridized carbons (Fsp3) is 0.125. The summed E-state index contributed by atoms with van der Waals surface area (Å²) in [7, 11) is 0. The monoisotopic (exact) mass is 389 g/mol. The second-order valence-electron chi connectivity index (χ2n) is 6.78. The highest BCUT2D eigenvalue weighted by atomic mass is 32.2. The highest BCUT2D eigenvalue weighted by Crippen LogP contribution is 2.50. The van der Waals surface area contributed by atoms with Gasteiger partial charge in [-0.2, -0.15) is 0 Å². The first kappa shape index (κ1) is 18.5. The first-order chi connectivity index (χ1) is 13.6. The van der Waals surface area contributed by atoms with Crippen molar-refractivity contribution >= 4 is 17.7 Å². The molecule has 2 nitrogen and oxygen atoms in total. The summed E-state index contributed by atoms with van der Waals surface area (Å²) in [5.74, 6) is -0.432. The number of halogens is 1. The minimum absolute atomic E-state index is 0.158. The van der Waals surface area contributed by atoms with Crippen molar-refractivity contribution in [3.63, 3.8) is 0 Å². The van der Waals surface area contributed by atoms with E-state index in [2.05, 4.69) is 6.58 Å². The van der Waals surface area contributed by atoms with Crippen molar-refractivity contribution in [2.24, 2.45) is 0 Å². The van der Waals surface area contributed by atoms with Crippen LogP contribution in [0.1, 0.15) is 16.7 Å². The highest BCUT2D eigenvalue weighted by Gasteiger charge is 2.42. The van der Waals surface area contributed by atoms with Gasteiger partial charge in [0.2, 0.25) is 5.91 Å². The summed E-state index contributed by atoms with van der Waals surface area (Å²) in [6.07, 6.45) is 1.33. The van der Waals surface area contributed by atoms with Crippen LogP contribution in [0.3, 0.4) is 0 Å². The van der Waals surface area contributed by atoms with E-state index in [9.17, 15) is 4.79 Å². The van der Waals surface area contributed by atoms with E-state index < -0.39 is 4.75 Å². The molecule has 0 aliphatic carbocycles. The quantitative estimate of drug-likeness (QED) is 0.560. The molecule has 140 valence electrons. The molecule has 1 unspecified atom stereocenters. The van der Waals surface area contributed by atoms with Crippen LogP contribution in [0.15, 0.2) is 96.4 Å². The second-order valence-corrected chi connectivity index (χ2v) is 8.12. The van der Waals surface area contributed by atoms with E-state index in [0.29, 0.717) is 18.7 Å². The molecule has 4 rings (SSSR count). The number of nitrogens with zero attached hydrogens (tertiary/aromatic N) is 1. The molecule has 0 spiro atoms. The molecule has 1 amide bonds. The van der Waals surface area contributed by atoms with Gasteiger partial charge >= 0.3 is 0 Å². The summed E-state index contributed by atoms with van der Waals surface area (Å²) < 4.78 is 14.3. The number of fused-ring (bicyclic) bond motifs is 1. The minimum Gasteiger partial charge on any atom is -0.333 e. The van der Waals surface area contributed by atoms with Gasteiger partial charge in [0, 0.05) is 23.5 Å². The van der Waals surface area contributed by atoms with Crippen molar-refractivity contribution in [2.75, 3.05) is 6.54 Å². The van der Waals surface area contributed by atoms with Crippen LogP contribution in [-0.2, 0) is 16.1 Å². The fourth-order valence-corrected chi connectivity index (χ4v) is 5.25. The van der Waals surface area contributed by atoms with Crippen LogP contribution in [-0.4, -0.2) is 17.4 Å². The molecule has 3 aromatic rings. The average Bonchev–Trinajstić information content (AvgIpc) is 2.92. The molecule has 28 heavy (non-hydrogen) atoms. The van der Waals surface area contributed by atoms with Gasteiger partial charge in [0.05, 0.1) is 4.75 Å². The Morgan fingerprint density at radius 3 is 2.43 bits per heavy atom. The molecule has 0 aromatic heterocycles. The molecule has 3 aromatic carbocycles. The van der Waals surface area contributed by atoms with Gasteiger partial charge in [0.25, 0.3) is 0 Å². The van der Waals surface area contributed by atoms with Gasteiger partial charge in [0.1, 0.15) is 5.82 Å². The number of amides is 1. The predicted octanol–water partition coefficient (Wildman–Crippen LogP) is 5.39. The van der Waals surface area contributed by atoms with E-state index >= 15 is 4.39 Å². The van der Waals surface area contributed by atoms with E-state index in [4.69, 9.17) is 0 Å². The lowest BCUT2D eigenvalue weighted by Gasteiger charge is -2.36. The minimum atomic E-state index is -0.766. The largest absolute Gasteiger partial charge is 0.333 e. The predicted molar refractivity (Wildman–Crippen MR) is 112 cm³/mol. The molecule has 1 atom stereocenters. The van der Waals surface area contributed by atoms with Crippen molar-refractivity contribution in [3.8, 4) is 0 Å². The molecular weight excluding hydrogens is 369 g/mol. The summed E-state index contributed by atoms with van der Waals surface area (Å²) in [6, 6.07) is 24.7. The number of hydrogen-bond acceptors (Lipinski definition) is 2. The summed E-state index contributed by atoms with van der Waals surface area (Å²) in [5.41, 5.74) is 2.59. The molecule has 0 N–H and O–H groups in total. The summed E-state index contributed by atoms with van der Waals surface area (Å²) in [5, 5.41) is 0. The lowest BCUT2D eigenvalue weighted by Crippen LogP contribution is -2.41. The van der Waals surface area contributed by atoms with E-state index in [1.807, 2.05) is 66.7 Å². The Morgan fingerprint density at radius 2 is 1.68 bits per heavy atom. The second kappa shape index (κ2) is 7.64. The van der Waals surface area contributed by atoms with E-state index in [-0.39, 0.29) is 11.7 Å². The zero-order valence-corrected chi connectivity index (χ0v) is 16.2. The topological polar surface area (TPSA) is 20.3 Å². The molecule has 0 bridgehead atoms. The maximum absolute atomic E-state index is 15.1. The lowest BCUT2D eigenvalue weighted by atomic mass is 9.89. The number of hydrogen-bond donors (Lipinski definition) is 0. The third kappa shape index (κ3) is 3.25. The molecule has 1 aliphatic heterocycles. The van der Waals surface area contributed by atoms with Gasteiger partial charge in [0.15, 0.2) is 0 Å². The van der Waals surface area contributed by atoms with Crippen LogP contribution in [0.2, 0.25) is 0 Å². The molecule has 0 radical (unpaired) electrons. The fourth-order valence-electron chi connectivity index (χ4n) is 3.71. The Labute approximate surface area is 168 Å². The maximum Gasteiger partial charge on any atom is 0.246 e. The van der Waals surface area contributed by atoms with E-state index in [0.717, 1.165) is 16.0 Å². The molecule has 1 aliphatic rings. The Kier molecular flexibility index (Phi) is 5.05. The molecule has 0 saturated carbocycles. The van der Waals surface area contributed by atoms with Crippen LogP contribution in [0.4, 0.5) is 4.39 Å². The summed E-state index contributed by atoms with van der Waals surface area (Å²) >= 11 is 1.61. The molecule has 1 heterocycles. The normalized spacial score (nSPS) is 18.8. The third-order valence-corrected chi connectivity index (χ3v) is 6.62. The smallest absolute Gasteiger partial charge is 0.246 e. The van der Waals surface area contributed by atoms with Crippen LogP contribution >= 0.6 is 11.8 Å². The molecular formula is C24H20FNOS. The SMILES string of the molecule is C=CC(=O)N1Cc2ccccc2SC(c2ccccc2)(c2ccccc2F)C1. The Bertz CT molecular complexity index is 1020. The van der Waals surface area contributed by atoms with Crippen molar-refractivity contribution < 1.29 is 9.18 Å². The number of carbonyl (C=O) groups is 1. The summed E-state index contributed by atoms with van der Waals surface area (Å²) in [4.78, 5) is 15.5. The zero-order chi connectivity index (χ0) is 19.6. The maximum atomic E-state index is 15.1. The Hall–Kier alpha value is -2.85. The van der Waals surface area contributed by atoms with Gasteiger partial charge in [-0.25, -0.2) is 4.39 Å². The van der Waals surface area contributed by atoms with Gasteiger partial charge in [-0.3, -0.25) is 4.79 Å². The number of rotatable bonds is 3. The van der Waals surface area contributed by atoms with Gasteiger partial charge in [-0.05, 0) is 29.3 Å². The Balaban J connectivity index is 2.00. The summed E-state index contributed by atoms with van der Waals surface area (Å²) in [6.45, 7) is 4.48. The van der Waals surface area contributed by atoms with Crippen molar-refractivity contribution in [3.05, 3.63) is 114 Å². The van der Waals surface area contributed by atoms with Gasteiger partial charge < -0.3 is 4.90 Å². The molecule has 4 heteroatoms. The first-order valence-electron chi connectivity index (χ1n) is 9.13. The lowest BCUT2D eigenvalue weighted by molar-refractivity contribution is -0.126. The van der Waals surface area contributed by atoms with Gasteiger partial charge in [-0.15, -0.1) is 11.8 Å². The molecule has 0 saturated heterocycles. The van der Waals surface area contributed by atoms with Crippen LogP contribution in [0.25, 0.3) is 0 Å². The Morgan fingerprint density at radius 1 is 1.00 bits per heavy atom. The van der Waals surface area contributed by atoms with Crippen LogP contribution in [0.5, 0.6) is 0 Å². The van der Waals surface area contributed by atoms with Gasteiger partial charge in [-0.1, -0.05) is 73.3 Å². The number of thioether (sulfide) groups is 1. The average molecular weight is 389 g/mol. The van der Waals surface area contributed by atoms with Crippen LogP contribution < -0.4 is 0 Å². The third-order valence-electron chi connectivity index (χ3n) is 5.07. The van der Waals surface area contributed by atoms with E-state index in [1.54, 1.807) is 22.7 Å². The molecule has 0 fully saturated rings.